The Morgan fingerprint density at radius 2 is 1.14 bits per heavy atom. The van der Waals surface area contributed by atoms with Crippen LogP contribution < -0.4 is 10.2 Å². The van der Waals surface area contributed by atoms with Crippen LogP contribution in [-0.4, -0.2) is 68.5 Å². The van der Waals surface area contributed by atoms with Gasteiger partial charge in [-0.05, 0) is 12.8 Å². The number of carbonyl (C=O) groups excluding carboxylic acids is 1. The van der Waals surface area contributed by atoms with Crippen LogP contribution in [0.2, 0.25) is 0 Å². The Morgan fingerprint density at radius 1 is 0.721 bits per heavy atom. The number of quaternary nitrogens is 1. The number of rotatable bonds is 32. The van der Waals surface area contributed by atoms with Crippen LogP contribution in [0.3, 0.4) is 0 Å². The van der Waals surface area contributed by atoms with Gasteiger partial charge in [0, 0.05) is 6.42 Å². The Balaban J connectivity index is 4.50. The molecule has 1 amide bonds. The van der Waals surface area contributed by atoms with E-state index in [1.165, 1.54) is 96.3 Å². The molecule has 0 aliphatic carbocycles. The average molecular weight is 635 g/mol. The highest BCUT2D eigenvalue weighted by Crippen LogP contribution is 2.38. The topological polar surface area (TPSA) is 108 Å². The molecule has 0 fully saturated rings. The standard InChI is InChI=1S/C34H71N2O6P/c1-6-8-10-12-14-16-17-18-20-21-23-25-27-33(37)32(31-42-43(39,40)41-30-29-36(3,4)5)35-34(38)28-26-24-22-19-15-13-11-9-7-2/h32-33,37H,6-31H2,1-5H3,(H-,35,38,39,40). The van der Waals surface area contributed by atoms with E-state index in [1.54, 1.807) is 0 Å². The predicted molar refractivity (Wildman–Crippen MR) is 178 cm³/mol. The van der Waals surface area contributed by atoms with E-state index in [0.717, 1.165) is 38.5 Å². The first kappa shape index (κ1) is 42.5. The Labute approximate surface area is 266 Å². The molecule has 0 bridgehead atoms. The number of hydrogen-bond donors (Lipinski definition) is 2. The molecule has 0 aliphatic rings. The molecular weight excluding hydrogens is 563 g/mol. The van der Waals surface area contributed by atoms with Crippen LogP contribution in [0.1, 0.15) is 162 Å². The fraction of sp³-hybridized carbons (Fsp3) is 0.971. The fourth-order valence-electron chi connectivity index (χ4n) is 5.16. The molecular formula is C34H71N2O6P. The SMILES string of the molecule is CCCCCCCCCCCCCCC(O)C(COP(=O)([O-])OCC[N+](C)(C)C)NC(=O)CCCCCCCCCCC. The number of nitrogens with zero attached hydrogens (tertiary/aromatic N) is 1. The van der Waals surface area contributed by atoms with Crippen LogP contribution >= 0.6 is 7.82 Å². The van der Waals surface area contributed by atoms with Gasteiger partial charge in [0.25, 0.3) is 7.82 Å². The minimum atomic E-state index is -4.54. The largest absolute Gasteiger partial charge is 0.756 e. The smallest absolute Gasteiger partial charge is 0.268 e. The van der Waals surface area contributed by atoms with E-state index in [4.69, 9.17) is 9.05 Å². The molecule has 0 aromatic carbocycles. The zero-order chi connectivity index (χ0) is 32.2. The lowest BCUT2D eigenvalue weighted by molar-refractivity contribution is -0.870. The van der Waals surface area contributed by atoms with Crippen molar-refractivity contribution in [3.63, 3.8) is 0 Å². The van der Waals surface area contributed by atoms with E-state index in [1.807, 2.05) is 21.1 Å². The lowest BCUT2D eigenvalue weighted by Crippen LogP contribution is -2.46. The van der Waals surface area contributed by atoms with Crippen LogP contribution in [0, 0.1) is 0 Å². The monoisotopic (exact) mass is 635 g/mol. The quantitative estimate of drug-likeness (QED) is 0.0440. The number of unbranched alkanes of at least 4 members (excludes halogenated alkanes) is 19. The van der Waals surface area contributed by atoms with E-state index < -0.39 is 20.0 Å². The van der Waals surface area contributed by atoms with Gasteiger partial charge in [0.05, 0.1) is 39.9 Å². The molecule has 9 heteroatoms. The van der Waals surface area contributed by atoms with Gasteiger partial charge in [0.1, 0.15) is 13.2 Å². The third-order valence-corrected chi connectivity index (χ3v) is 9.06. The number of aliphatic hydroxyl groups excluding tert-OH is 1. The fourth-order valence-corrected chi connectivity index (χ4v) is 5.88. The number of carbonyl (C=O) groups is 1. The maximum Gasteiger partial charge on any atom is 0.268 e. The molecule has 0 aromatic heterocycles. The number of amides is 1. The number of phosphoric acid groups is 1. The Morgan fingerprint density at radius 3 is 1.58 bits per heavy atom. The molecule has 2 N–H and O–H groups in total. The number of likely N-dealkylation sites (N-methyl/N-ethyl adjacent to an activating group) is 1. The minimum Gasteiger partial charge on any atom is -0.756 e. The van der Waals surface area contributed by atoms with Crippen LogP contribution in [0.15, 0.2) is 0 Å². The summed E-state index contributed by atoms with van der Waals surface area (Å²) in [4.78, 5) is 25.0. The van der Waals surface area contributed by atoms with Crippen molar-refractivity contribution >= 4 is 13.7 Å². The molecule has 0 saturated carbocycles. The van der Waals surface area contributed by atoms with Crippen molar-refractivity contribution in [2.24, 2.45) is 0 Å². The summed E-state index contributed by atoms with van der Waals surface area (Å²) in [6.07, 6.45) is 25.3. The summed E-state index contributed by atoms with van der Waals surface area (Å²) < 4.78 is 23.1. The second-order valence-corrected chi connectivity index (χ2v) is 15.0. The first-order chi connectivity index (χ1) is 20.5. The summed E-state index contributed by atoms with van der Waals surface area (Å²) in [6, 6.07) is -0.789. The van der Waals surface area contributed by atoms with Crippen molar-refractivity contribution in [3.8, 4) is 0 Å². The summed E-state index contributed by atoms with van der Waals surface area (Å²) in [5.41, 5.74) is 0. The molecule has 0 aromatic rings. The number of hydrogen-bond acceptors (Lipinski definition) is 6. The molecule has 0 radical (unpaired) electrons. The summed E-state index contributed by atoms with van der Waals surface area (Å²) >= 11 is 0. The Kier molecular flexibility index (Phi) is 27.5. The van der Waals surface area contributed by atoms with Crippen molar-refractivity contribution in [1.29, 1.82) is 0 Å². The predicted octanol–water partition coefficient (Wildman–Crippen LogP) is 8.05. The van der Waals surface area contributed by atoms with Gasteiger partial charge in [-0.3, -0.25) is 9.36 Å². The maximum absolute atomic E-state index is 12.7. The van der Waals surface area contributed by atoms with Crippen LogP contribution in [0.25, 0.3) is 0 Å². The van der Waals surface area contributed by atoms with Crippen LogP contribution in [0.4, 0.5) is 0 Å². The highest BCUT2D eigenvalue weighted by Gasteiger charge is 2.24. The first-order valence-corrected chi connectivity index (χ1v) is 19.3. The molecule has 8 nitrogen and oxygen atoms in total. The zero-order valence-corrected chi connectivity index (χ0v) is 29.8. The van der Waals surface area contributed by atoms with Gasteiger partial charge in [0.2, 0.25) is 5.91 Å². The second kappa shape index (κ2) is 27.8. The van der Waals surface area contributed by atoms with E-state index in [9.17, 15) is 19.4 Å². The van der Waals surface area contributed by atoms with Crippen molar-refractivity contribution in [1.82, 2.24) is 5.32 Å². The maximum atomic E-state index is 12.7. The van der Waals surface area contributed by atoms with Gasteiger partial charge >= 0.3 is 0 Å². The molecule has 3 unspecified atom stereocenters. The third kappa shape index (κ3) is 29.9. The van der Waals surface area contributed by atoms with Crippen molar-refractivity contribution in [2.75, 3.05) is 40.9 Å². The number of phosphoric ester groups is 1. The average Bonchev–Trinajstić information content (AvgIpc) is 2.94. The molecule has 0 aliphatic heterocycles. The minimum absolute atomic E-state index is 0.0152. The number of aliphatic hydroxyl groups is 1. The molecule has 0 heterocycles. The summed E-state index contributed by atoms with van der Waals surface area (Å²) in [6.45, 7) is 4.67. The normalized spacial score (nSPS) is 14.9. The molecule has 3 atom stereocenters. The van der Waals surface area contributed by atoms with Gasteiger partial charge in [-0.15, -0.1) is 0 Å². The van der Waals surface area contributed by atoms with Crippen LogP contribution in [-0.2, 0) is 18.4 Å². The first-order valence-electron chi connectivity index (χ1n) is 17.9. The van der Waals surface area contributed by atoms with Gasteiger partial charge in [-0.1, -0.05) is 142 Å². The van der Waals surface area contributed by atoms with Crippen molar-refractivity contribution < 1.29 is 32.9 Å². The van der Waals surface area contributed by atoms with E-state index >= 15 is 0 Å². The second-order valence-electron chi connectivity index (χ2n) is 13.6. The summed E-state index contributed by atoms with van der Waals surface area (Å²) in [7, 11) is 1.31. The van der Waals surface area contributed by atoms with E-state index in [0.29, 0.717) is 23.9 Å². The zero-order valence-electron chi connectivity index (χ0n) is 28.9. The molecule has 43 heavy (non-hydrogen) atoms. The lowest BCUT2D eigenvalue weighted by atomic mass is 10.0. The molecule has 0 rings (SSSR count). The lowest BCUT2D eigenvalue weighted by Gasteiger charge is -2.30. The van der Waals surface area contributed by atoms with Gasteiger partial charge in [0.15, 0.2) is 0 Å². The van der Waals surface area contributed by atoms with Gasteiger partial charge in [-0.2, -0.15) is 0 Å². The highest BCUT2D eigenvalue weighted by atomic mass is 31.2. The van der Waals surface area contributed by atoms with Crippen molar-refractivity contribution in [2.45, 2.75) is 174 Å². The third-order valence-electron chi connectivity index (χ3n) is 8.10. The van der Waals surface area contributed by atoms with Crippen LogP contribution in [0.5, 0.6) is 0 Å². The van der Waals surface area contributed by atoms with E-state index in [2.05, 4.69) is 19.2 Å². The number of nitrogens with one attached hydrogen (secondary N) is 1. The van der Waals surface area contributed by atoms with Gasteiger partial charge in [-0.25, -0.2) is 0 Å². The molecule has 0 spiro atoms. The Hall–Kier alpha value is -0.500. The Bertz CT molecular complexity index is 688. The summed E-state index contributed by atoms with van der Waals surface area (Å²) in [5.74, 6) is -0.169. The molecule has 258 valence electrons. The highest BCUT2D eigenvalue weighted by molar-refractivity contribution is 7.45. The summed E-state index contributed by atoms with van der Waals surface area (Å²) in [5, 5.41) is 13.8. The molecule has 0 saturated heterocycles. The van der Waals surface area contributed by atoms with E-state index in [-0.39, 0.29) is 19.1 Å². The van der Waals surface area contributed by atoms with Crippen molar-refractivity contribution in [3.05, 3.63) is 0 Å². The van der Waals surface area contributed by atoms with Gasteiger partial charge < -0.3 is 28.8 Å².